The molecule has 0 saturated heterocycles. The molecule has 92 valence electrons. The van der Waals surface area contributed by atoms with Crippen molar-refractivity contribution in [2.45, 2.75) is 17.0 Å². The van der Waals surface area contributed by atoms with Crippen LogP contribution in [0.4, 0.5) is 0 Å². The van der Waals surface area contributed by atoms with Crippen LogP contribution in [0.25, 0.3) is 0 Å². The number of benzene rings is 1. The summed E-state index contributed by atoms with van der Waals surface area (Å²) >= 11 is 6.99. The van der Waals surface area contributed by atoms with Gasteiger partial charge >= 0.3 is 5.97 Å². The van der Waals surface area contributed by atoms with E-state index in [9.17, 15) is 4.79 Å². The predicted molar refractivity (Wildman–Crippen MR) is 69.3 cm³/mol. The molecule has 0 amide bonds. The lowest BCUT2D eigenvalue weighted by molar-refractivity contribution is 0.0693. The number of halogens is 1. The normalized spacial score (nSPS) is 10.3. The van der Waals surface area contributed by atoms with Crippen molar-refractivity contribution in [1.82, 2.24) is 9.97 Å². The Morgan fingerprint density at radius 2 is 2.17 bits per heavy atom. The van der Waals surface area contributed by atoms with E-state index in [1.54, 1.807) is 24.4 Å². The fourth-order valence-electron chi connectivity index (χ4n) is 1.33. The standard InChI is InChI=1S/C12H9ClN2O2S/c1-7-4-5-14-12(15-7)18-10-3-2-8(13)6-9(10)11(16)17/h2-6H,1H3,(H,16,17). The first-order valence-corrected chi connectivity index (χ1v) is 6.26. The maximum Gasteiger partial charge on any atom is 0.336 e. The molecule has 0 aliphatic heterocycles. The average Bonchev–Trinajstić information content (AvgIpc) is 2.31. The molecule has 0 aliphatic rings. The van der Waals surface area contributed by atoms with Crippen LogP contribution in [-0.4, -0.2) is 21.0 Å². The molecule has 0 unspecified atom stereocenters. The summed E-state index contributed by atoms with van der Waals surface area (Å²) in [4.78, 5) is 20.0. The molecule has 0 spiro atoms. The summed E-state index contributed by atoms with van der Waals surface area (Å²) in [5.74, 6) is -1.02. The van der Waals surface area contributed by atoms with Gasteiger partial charge in [-0.05, 0) is 43.0 Å². The molecule has 0 radical (unpaired) electrons. The Morgan fingerprint density at radius 3 is 2.83 bits per heavy atom. The second kappa shape index (κ2) is 5.37. The quantitative estimate of drug-likeness (QED) is 0.874. The zero-order valence-corrected chi connectivity index (χ0v) is 11.0. The number of rotatable bonds is 3. The number of aromatic carboxylic acids is 1. The predicted octanol–water partition coefficient (Wildman–Crippen LogP) is 3.29. The summed E-state index contributed by atoms with van der Waals surface area (Å²) in [5, 5.41) is 10.0. The van der Waals surface area contributed by atoms with Crippen molar-refractivity contribution in [2.24, 2.45) is 0 Å². The lowest BCUT2D eigenvalue weighted by Gasteiger charge is -2.05. The van der Waals surface area contributed by atoms with Gasteiger partial charge in [0.15, 0.2) is 5.16 Å². The van der Waals surface area contributed by atoms with Crippen LogP contribution in [0.15, 0.2) is 40.5 Å². The monoisotopic (exact) mass is 280 g/mol. The van der Waals surface area contributed by atoms with Crippen LogP contribution in [0.5, 0.6) is 0 Å². The summed E-state index contributed by atoms with van der Waals surface area (Å²) in [5.41, 5.74) is 0.982. The Labute approximate surface area is 113 Å². The van der Waals surface area contributed by atoms with Crippen LogP contribution in [-0.2, 0) is 0 Å². The Balaban J connectivity index is 2.37. The van der Waals surface area contributed by atoms with Gasteiger partial charge in [0.05, 0.1) is 5.56 Å². The number of nitrogens with zero attached hydrogens (tertiary/aromatic N) is 2. The van der Waals surface area contributed by atoms with E-state index in [4.69, 9.17) is 16.7 Å². The molecule has 2 rings (SSSR count). The van der Waals surface area contributed by atoms with Crippen LogP contribution in [0.1, 0.15) is 16.1 Å². The maximum absolute atomic E-state index is 11.1. The fraction of sp³-hybridized carbons (Fsp3) is 0.0833. The first-order valence-electron chi connectivity index (χ1n) is 5.06. The van der Waals surface area contributed by atoms with Crippen LogP contribution < -0.4 is 0 Å². The van der Waals surface area contributed by atoms with E-state index in [0.29, 0.717) is 15.1 Å². The third-order valence-electron chi connectivity index (χ3n) is 2.15. The maximum atomic E-state index is 11.1. The zero-order chi connectivity index (χ0) is 13.1. The molecule has 1 aromatic heterocycles. The van der Waals surface area contributed by atoms with Gasteiger partial charge in [0.1, 0.15) is 0 Å². The van der Waals surface area contributed by atoms with Gasteiger partial charge in [-0.2, -0.15) is 0 Å². The zero-order valence-electron chi connectivity index (χ0n) is 9.42. The molecular formula is C12H9ClN2O2S. The number of hydrogen-bond donors (Lipinski definition) is 1. The van der Waals surface area contributed by atoms with Gasteiger partial charge in [-0.25, -0.2) is 14.8 Å². The van der Waals surface area contributed by atoms with Crippen LogP contribution in [0.2, 0.25) is 5.02 Å². The van der Waals surface area contributed by atoms with Gasteiger partial charge in [-0.1, -0.05) is 11.6 Å². The van der Waals surface area contributed by atoms with Gasteiger partial charge in [0.25, 0.3) is 0 Å². The van der Waals surface area contributed by atoms with Gasteiger partial charge in [-0.3, -0.25) is 0 Å². The lowest BCUT2D eigenvalue weighted by atomic mass is 10.2. The highest BCUT2D eigenvalue weighted by atomic mass is 35.5. The number of aromatic nitrogens is 2. The first kappa shape index (κ1) is 12.9. The van der Waals surface area contributed by atoms with E-state index >= 15 is 0 Å². The first-order chi connectivity index (χ1) is 8.56. The van der Waals surface area contributed by atoms with Crippen LogP contribution in [0, 0.1) is 6.92 Å². The Bertz CT molecular complexity index is 604. The third kappa shape index (κ3) is 3.00. The highest BCUT2D eigenvalue weighted by Crippen LogP contribution is 2.29. The minimum Gasteiger partial charge on any atom is -0.478 e. The van der Waals surface area contributed by atoms with Gasteiger partial charge in [-0.15, -0.1) is 0 Å². The number of aryl methyl sites for hydroxylation is 1. The number of carboxylic acid groups (broad SMARTS) is 1. The summed E-state index contributed by atoms with van der Waals surface area (Å²) in [6.45, 7) is 1.85. The minimum absolute atomic E-state index is 0.151. The molecule has 2 aromatic rings. The third-order valence-corrected chi connectivity index (χ3v) is 3.34. The summed E-state index contributed by atoms with van der Waals surface area (Å²) < 4.78 is 0. The molecule has 0 atom stereocenters. The van der Waals surface area contributed by atoms with E-state index < -0.39 is 5.97 Å². The van der Waals surface area contributed by atoms with E-state index in [1.165, 1.54) is 17.8 Å². The van der Waals surface area contributed by atoms with Crippen molar-refractivity contribution < 1.29 is 9.90 Å². The molecule has 1 aromatic carbocycles. The van der Waals surface area contributed by atoms with Crippen LogP contribution >= 0.6 is 23.4 Å². The van der Waals surface area contributed by atoms with Gasteiger partial charge in [0.2, 0.25) is 0 Å². The molecule has 1 N–H and O–H groups in total. The molecule has 0 saturated carbocycles. The summed E-state index contributed by atoms with van der Waals surface area (Å²) in [6.07, 6.45) is 1.64. The number of carbonyl (C=O) groups is 1. The van der Waals surface area contributed by atoms with Crippen molar-refractivity contribution in [2.75, 3.05) is 0 Å². The molecule has 0 fully saturated rings. The molecular weight excluding hydrogens is 272 g/mol. The smallest absolute Gasteiger partial charge is 0.336 e. The largest absolute Gasteiger partial charge is 0.478 e. The summed E-state index contributed by atoms with van der Waals surface area (Å²) in [6, 6.07) is 6.50. The topological polar surface area (TPSA) is 63.1 Å². The SMILES string of the molecule is Cc1ccnc(Sc2ccc(Cl)cc2C(=O)O)n1. The van der Waals surface area contributed by atoms with E-state index in [-0.39, 0.29) is 5.56 Å². The molecule has 1 heterocycles. The Hall–Kier alpha value is -1.59. The van der Waals surface area contributed by atoms with E-state index in [1.807, 2.05) is 6.92 Å². The van der Waals surface area contributed by atoms with Crippen molar-refractivity contribution in [3.8, 4) is 0 Å². The summed E-state index contributed by atoms with van der Waals surface area (Å²) in [7, 11) is 0. The number of carboxylic acids is 1. The Kier molecular flexibility index (Phi) is 3.84. The highest BCUT2D eigenvalue weighted by Gasteiger charge is 2.13. The lowest BCUT2D eigenvalue weighted by Crippen LogP contribution is -1.99. The second-order valence-electron chi connectivity index (χ2n) is 3.53. The molecule has 4 nitrogen and oxygen atoms in total. The van der Waals surface area contributed by atoms with Crippen molar-refractivity contribution >= 4 is 29.3 Å². The molecule has 18 heavy (non-hydrogen) atoms. The fourth-order valence-corrected chi connectivity index (χ4v) is 2.40. The van der Waals surface area contributed by atoms with Crippen molar-refractivity contribution in [1.29, 1.82) is 0 Å². The van der Waals surface area contributed by atoms with E-state index in [0.717, 1.165) is 5.69 Å². The van der Waals surface area contributed by atoms with Gasteiger partial charge < -0.3 is 5.11 Å². The molecule has 0 bridgehead atoms. The highest BCUT2D eigenvalue weighted by molar-refractivity contribution is 7.99. The van der Waals surface area contributed by atoms with E-state index in [2.05, 4.69) is 9.97 Å². The Morgan fingerprint density at radius 1 is 1.39 bits per heavy atom. The number of hydrogen-bond acceptors (Lipinski definition) is 4. The minimum atomic E-state index is -1.02. The van der Waals surface area contributed by atoms with Crippen LogP contribution in [0.3, 0.4) is 0 Å². The van der Waals surface area contributed by atoms with Gasteiger partial charge in [0, 0.05) is 21.8 Å². The van der Waals surface area contributed by atoms with Crippen molar-refractivity contribution in [3.05, 3.63) is 46.7 Å². The second-order valence-corrected chi connectivity index (χ2v) is 4.97. The molecule has 0 aliphatic carbocycles. The average molecular weight is 281 g/mol. The van der Waals surface area contributed by atoms with Crippen molar-refractivity contribution in [3.63, 3.8) is 0 Å². The molecule has 6 heteroatoms.